The zero-order chi connectivity index (χ0) is 12.3. The topological polar surface area (TPSA) is 84.2 Å². The van der Waals surface area contributed by atoms with Crippen LogP contribution in [-0.2, 0) is 9.59 Å². The third kappa shape index (κ3) is 2.48. The van der Waals surface area contributed by atoms with Gasteiger partial charge in [0.25, 0.3) is 0 Å². The highest BCUT2D eigenvalue weighted by atomic mass is 19.2. The van der Waals surface area contributed by atoms with E-state index in [0.29, 0.717) is 6.07 Å². The van der Waals surface area contributed by atoms with E-state index in [1.165, 1.54) is 5.43 Å². The zero-order valence-electron chi connectivity index (χ0n) is 7.68. The molecule has 0 radical (unpaired) electrons. The Labute approximate surface area is 87.4 Å². The maximum atomic E-state index is 13.0. The van der Waals surface area contributed by atoms with Crippen LogP contribution in [0.25, 0.3) is 0 Å². The lowest BCUT2D eigenvalue weighted by atomic mass is 10.3. The fraction of sp³-hybridized carbons (Fsp3) is 0. The van der Waals surface area contributed by atoms with Gasteiger partial charge in [-0.2, -0.15) is 0 Å². The number of nitrogens with one attached hydrogen (secondary N) is 2. The Bertz CT molecular complexity index is 450. The smallest absolute Gasteiger partial charge is 0.315 e. The van der Waals surface area contributed by atoms with Crippen LogP contribution in [0.1, 0.15) is 0 Å². The summed E-state index contributed by atoms with van der Waals surface area (Å²) in [5.41, 5.74) is 0.829. The summed E-state index contributed by atoms with van der Waals surface area (Å²) in [7, 11) is 0. The molecule has 1 aromatic rings. The van der Waals surface area contributed by atoms with Gasteiger partial charge in [-0.05, 0) is 0 Å². The molecular formula is C8H6F3N3O2. The van der Waals surface area contributed by atoms with Crippen molar-refractivity contribution >= 4 is 17.5 Å². The molecule has 0 aliphatic heterocycles. The highest BCUT2D eigenvalue weighted by molar-refractivity contribution is 6.39. The summed E-state index contributed by atoms with van der Waals surface area (Å²) in [6, 6.07) is 0.650. The summed E-state index contributed by atoms with van der Waals surface area (Å²) in [6.45, 7) is 0. The minimum atomic E-state index is -1.40. The molecule has 1 rings (SSSR count). The molecule has 2 amide bonds. The minimum absolute atomic E-state index is 0.241. The van der Waals surface area contributed by atoms with Gasteiger partial charge in [-0.15, -0.1) is 0 Å². The van der Waals surface area contributed by atoms with Gasteiger partial charge in [0, 0.05) is 12.1 Å². The normalized spacial score (nSPS) is 9.75. The second kappa shape index (κ2) is 4.62. The molecule has 0 atom stereocenters. The van der Waals surface area contributed by atoms with E-state index < -0.39 is 35.0 Å². The van der Waals surface area contributed by atoms with E-state index in [0.717, 1.165) is 0 Å². The molecule has 16 heavy (non-hydrogen) atoms. The summed E-state index contributed by atoms with van der Waals surface area (Å²) in [6.07, 6.45) is 0. The number of carbonyl (C=O) groups excluding carboxylic acids is 2. The van der Waals surface area contributed by atoms with E-state index in [1.807, 2.05) is 0 Å². The van der Waals surface area contributed by atoms with Gasteiger partial charge in [-0.3, -0.25) is 15.0 Å². The van der Waals surface area contributed by atoms with Crippen molar-refractivity contribution in [3.63, 3.8) is 0 Å². The number of amides is 2. The first kappa shape index (κ1) is 12.0. The molecule has 0 saturated carbocycles. The molecule has 0 bridgehead atoms. The van der Waals surface area contributed by atoms with Crippen molar-refractivity contribution in [1.82, 2.24) is 5.43 Å². The predicted octanol–water partition coefficient (Wildman–Crippen LogP) is 0.0323. The average molecular weight is 233 g/mol. The Morgan fingerprint density at radius 3 is 2.12 bits per heavy atom. The molecule has 8 heteroatoms. The monoisotopic (exact) mass is 233 g/mol. The zero-order valence-corrected chi connectivity index (χ0v) is 7.68. The molecule has 86 valence electrons. The lowest BCUT2D eigenvalue weighted by Crippen LogP contribution is -2.39. The molecule has 5 nitrogen and oxygen atoms in total. The fourth-order valence-electron chi connectivity index (χ4n) is 0.863. The fourth-order valence-corrected chi connectivity index (χ4v) is 0.863. The first-order valence-electron chi connectivity index (χ1n) is 3.92. The van der Waals surface area contributed by atoms with Gasteiger partial charge < -0.3 is 5.32 Å². The summed E-state index contributed by atoms with van der Waals surface area (Å²) >= 11 is 0. The maximum Gasteiger partial charge on any atom is 0.323 e. The van der Waals surface area contributed by atoms with E-state index >= 15 is 0 Å². The molecule has 0 unspecified atom stereocenters. The van der Waals surface area contributed by atoms with E-state index in [-0.39, 0.29) is 6.07 Å². The Hall–Kier alpha value is -2.09. The van der Waals surface area contributed by atoms with Crippen molar-refractivity contribution in [3.8, 4) is 0 Å². The van der Waals surface area contributed by atoms with E-state index in [4.69, 9.17) is 0 Å². The number of hydrazine groups is 1. The Morgan fingerprint density at radius 2 is 1.56 bits per heavy atom. The van der Waals surface area contributed by atoms with Gasteiger partial charge in [0.2, 0.25) is 0 Å². The largest absolute Gasteiger partial charge is 0.323 e. The lowest BCUT2D eigenvalue weighted by Gasteiger charge is -2.05. The van der Waals surface area contributed by atoms with Crippen LogP contribution in [0.3, 0.4) is 0 Å². The first-order chi connectivity index (χ1) is 7.45. The van der Waals surface area contributed by atoms with Crippen molar-refractivity contribution in [2.45, 2.75) is 0 Å². The van der Waals surface area contributed by atoms with Crippen molar-refractivity contribution in [2.75, 3.05) is 5.32 Å². The molecule has 0 aliphatic rings. The Morgan fingerprint density at radius 1 is 1.00 bits per heavy atom. The van der Waals surface area contributed by atoms with Crippen LogP contribution in [0.15, 0.2) is 12.1 Å². The number of hydrogen-bond acceptors (Lipinski definition) is 3. The molecule has 0 aromatic heterocycles. The van der Waals surface area contributed by atoms with Crippen molar-refractivity contribution in [3.05, 3.63) is 29.6 Å². The third-order valence-electron chi connectivity index (χ3n) is 1.60. The highest BCUT2D eigenvalue weighted by Gasteiger charge is 2.16. The van der Waals surface area contributed by atoms with Crippen molar-refractivity contribution in [2.24, 2.45) is 5.84 Å². The minimum Gasteiger partial charge on any atom is -0.315 e. The number of benzene rings is 1. The van der Waals surface area contributed by atoms with Crippen LogP contribution in [-0.4, -0.2) is 11.8 Å². The second-order valence-corrected chi connectivity index (χ2v) is 2.67. The molecule has 0 aliphatic carbocycles. The van der Waals surface area contributed by atoms with Crippen molar-refractivity contribution in [1.29, 1.82) is 0 Å². The molecular weight excluding hydrogens is 227 g/mol. The number of rotatable bonds is 1. The Balaban J connectivity index is 2.94. The van der Waals surface area contributed by atoms with Crippen LogP contribution in [0.2, 0.25) is 0 Å². The van der Waals surface area contributed by atoms with E-state index in [1.54, 1.807) is 5.32 Å². The number of halogens is 3. The molecule has 1 aromatic carbocycles. The number of carbonyl (C=O) groups is 2. The van der Waals surface area contributed by atoms with Gasteiger partial charge in [0.05, 0.1) is 5.69 Å². The van der Waals surface area contributed by atoms with E-state index in [9.17, 15) is 22.8 Å². The molecule has 0 spiro atoms. The van der Waals surface area contributed by atoms with Gasteiger partial charge >= 0.3 is 11.8 Å². The SMILES string of the molecule is NNC(=O)C(=O)Nc1cc(F)c(F)cc1F. The molecule has 4 N–H and O–H groups in total. The Kier molecular flexibility index (Phi) is 3.46. The molecule has 0 fully saturated rings. The van der Waals surface area contributed by atoms with Gasteiger partial charge in [0.15, 0.2) is 11.6 Å². The standard InChI is InChI=1S/C8H6F3N3O2/c9-3-1-5(11)6(2-4(3)10)13-7(15)8(16)14-12/h1-2H,12H2,(H,13,15)(H,14,16). The van der Waals surface area contributed by atoms with Crippen LogP contribution in [0, 0.1) is 17.5 Å². The second-order valence-electron chi connectivity index (χ2n) is 2.67. The van der Waals surface area contributed by atoms with Gasteiger partial charge in [-0.25, -0.2) is 19.0 Å². The first-order valence-corrected chi connectivity index (χ1v) is 3.92. The summed E-state index contributed by atoms with van der Waals surface area (Å²) in [5, 5.41) is 1.72. The highest BCUT2D eigenvalue weighted by Crippen LogP contribution is 2.18. The number of anilines is 1. The van der Waals surface area contributed by atoms with Crippen LogP contribution < -0.4 is 16.6 Å². The van der Waals surface area contributed by atoms with Crippen LogP contribution in [0.5, 0.6) is 0 Å². The quantitative estimate of drug-likeness (QED) is 0.210. The van der Waals surface area contributed by atoms with Gasteiger partial charge in [0.1, 0.15) is 5.82 Å². The number of hydrogen-bond donors (Lipinski definition) is 3. The van der Waals surface area contributed by atoms with E-state index in [2.05, 4.69) is 5.84 Å². The third-order valence-corrected chi connectivity index (χ3v) is 1.60. The molecule has 0 saturated heterocycles. The van der Waals surface area contributed by atoms with Crippen LogP contribution >= 0.6 is 0 Å². The van der Waals surface area contributed by atoms with Crippen LogP contribution in [0.4, 0.5) is 18.9 Å². The average Bonchev–Trinajstić information content (AvgIpc) is 2.24. The summed E-state index contributed by atoms with van der Waals surface area (Å²) < 4.78 is 38.1. The number of nitrogens with two attached hydrogens (primary N) is 1. The van der Waals surface area contributed by atoms with Gasteiger partial charge in [-0.1, -0.05) is 0 Å². The lowest BCUT2D eigenvalue weighted by molar-refractivity contribution is -0.136. The van der Waals surface area contributed by atoms with Crippen molar-refractivity contribution < 1.29 is 22.8 Å². The maximum absolute atomic E-state index is 13.0. The predicted molar refractivity (Wildman–Crippen MR) is 47.3 cm³/mol. The summed E-state index contributed by atoms with van der Waals surface area (Å²) in [4.78, 5) is 21.5. The molecule has 0 heterocycles. The summed E-state index contributed by atoms with van der Waals surface area (Å²) in [5.74, 6) is -1.89.